The van der Waals surface area contributed by atoms with E-state index in [0.717, 1.165) is 11.1 Å². The molecule has 0 heterocycles. The molecule has 0 saturated carbocycles. The fourth-order valence-corrected chi connectivity index (χ4v) is 11.7. The van der Waals surface area contributed by atoms with Crippen molar-refractivity contribution in [3.8, 4) is 11.5 Å². The molecule has 0 fully saturated rings. The molecule has 0 spiro atoms. The second-order valence-corrected chi connectivity index (χ2v) is 18.3. The maximum Gasteiger partial charge on any atom is 0.255 e. The summed E-state index contributed by atoms with van der Waals surface area (Å²) in [5, 5.41) is 91.2. The Balaban J connectivity index is 1.06. The molecular formula is C46H50N4O14. The van der Waals surface area contributed by atoms with Crippen LogP contribution in [0.25, 0.3) is 0 Å². The zero-order valence-corrected chi connectivity index (χ0v) is 35.5. The minimum Gasteiger partial charge on any atom is -0.510 e. The molecule has 2 aromatic carbocycles. The average Bonchev–Trinajstić information content (AvgIpc) is 3.20. The monoisotopic (exact) mass is 882 g/mol. The van der Waals surface area contributed by atoms with E-state index in [1.165, 1.54) is 21.9 Å². The molecule has 0 aliphatic heterocycles. The normalized spacial score (nSPS) is 30.0. The van der Waals surface area contributed by atoms with Crippen LogP contribution >= 0.6 is 0 Å². The summed E-state index contributed by atoms with van der Waals surface area (Å²) in [4.78, 5) is 83.2. The van der Waals surface area contributed by atoms with Gasteiger partial charge in [0.1, 0.15) is 45.7 Å². The van der Waals surface area contributed by atoms with E-state index in [4.69, 9.17) is 11.5 Å². The van der Waals surface area contributed by atoms with Gasteiger partial charge in [-0.05, 0) is 126 Å². The van der Waals surface area contributed by atoms with Crippen molar-refractivity contribution >= 4 is 34.9 Å². The Morgan fingerprint density at radius 3 is 1.27 bits per heavy atom. The number of Topliss-reactive ketones (excluding diaryl/α,β-unsaturated/α-hetero) is 4. The minimum absolute atomic E-state index is 0.0559. The number of fused-ring (bicyclic) bond motifs is 6. The number of phenolic OH excluding ortho intramolecular Hbond substituents is 2. The van der Waals surface area contributed by atoms with Gasteiger partial charge < -0.3 is 52.3 Å². The van der Waals surface area contributed by atoms with Crippen molar-refractivity contribution in [3.05, 3.63) is 103 Å². The first-order valence-electron chi connectivity index (χ1n) is 21.0. The van der Waals surface area contributed by atoms with Crippen molar-refractivity contribution in [1.82, 2.24) is 9.80 Å². The van der Waals surface area contributed by atoms with Gasteiger partial charge in [0.2, 0.25) is 11.6 Å². The molecule has 8 atom stereocenters. The van der Waals surface area contributed by atoms with E-state index < -0.39 is 116 Å². The molecule has 2 amide bonds. The summed E-state index contributed by atoms with van der Waals surface area (Å²) >= 11 is 0. The maximum absolute atomic E-state index is 14.2. The summed E-state index contributed by atoms with van der Waals surface area (Å²) in [6, 6.07) is 3.83. The van der Waals surface area contributed by atoms with E-state index >= 15 is 0 Å². The van der Waals surface area contributed by atoms with Gasteiger partial charge in [0, 0.05) is 23.0 Å². The second kappa shape index (κ2) is 15.1. The molecule has 8 rings (SSSR count). The zero-order chi connectivity index (χ0) is 46.8. The van der Waals surface area contributed by atoms with Gasteiger partial charge in [0.05, 0.1) is 23.2 Å². The van der Waals surface area contributed by atoms with Gasteiger partial charge in [-0.25, -0.2) is 0 Å². The standard InChI is InChI=1S/C46H50N4O14/c1-49(2)33-23-15-19-13-21-17(9-11-25(51)29(21)35(53)27(19)39(57)45(23,63)41(59)31(37(33)55)43(47)61)7-5-6-8-18-10-12-26(52)30-22(18)14-20-16-24-34(50(3)4)38(56)32(44(48)62)42(60)46(24,64)40(58)28(20)36(30)54/h9-12,19-20,23-24,33-34,51-52,55-58,63-64H,5-8,13-16H2,1-4H3,(H2,47,61)(H2,48,62)/t19-,20-,23-,24-,33-,34-,45-,46-/m0/s1. The molecule has 12 N–H and O–H groups in total. The molecule has 6 aliphatic carbocycles. The Morgan fingerprint density at radius 1 is 0.609 bits per heavy atom. The van der Waals surface area contributed by atoms with Crippen LogP contribution in [0.5, 0.6) is 11.5 Å². The number of nitrogens with two attached hydrogens (primary N) is 2. The second-order valence-electron chi connectivity index (χ2n) is 18.3. The molecule has 0 saturated heterocycles. The molecule has 18 nitrogen and oxygen atoms in total. The number of ketones is 4. The first-order chi connectivity index (χ1) is 30.0. The number of nitrogens with zero attached hydrogens (tertiary/aromatic N) is 2. The number of allylic oxidation sites excluding steroid dienone is 2. The lowest BCUT2D eigenvalue weighted by atomic mass is 9.58. The summed E-state index contributed by atoms with van der Waals surface area (Å²) in [5.41, 5.74) is 5.33. The number of unbranched alkanes of at least 4 members (excludes halogenated alkanes) is 1. The summed E-state index contributed by atoms with van der Waals surface area (Å²) in [6.07, 6.45) is 2.04. The number of likely N-dealkylation sites (N-methyl/N-ethyl adjacent to an activating group) is 2. The number of aromatic hydroxyl groups is 2. The number of carbonyl (C=O) groups excluding carboxylic acids is 6. The average molecular weight is 883 g/mol. The predicted octanol–water partition coefficient (Wildman–Crippen LogP) is 1.12. The first kappa shape index (κ1) is 44.3. The van der Waals surface area contributed by atoms with E-state index in [-0.39, 0.29) is 59.5 Å². The SMILES string of the molecule is CN(C)[C@@H]1C(O)=C(C(N)=O)C(=O)[C@@]2(O)C(O)=C3C(=O)c4c(O)ccc(CCCCc5ccc(O)c6c5C[C@H]5C[C@H]7[C@H](N(C)C)C(O)=C(C(N)=O)C(=O)[C@@]7(O)C(O)=C5C6=O)c4C[C@H]3C[C@@H]12. The van der Waals surface area contributed by atoms with E-state index in [1.54, 1.807) is 40.3 Å². The van der Waals surface area contributed by atoms with Gasteiger partial charge in [0.25, 0.3) is 11.8 Å². The number of phenols is 2. The molecule has 0 bridgehead atoms. The number of aryl methyl sites for hydroxylation is 2. The van der Waals surface area contributed by atoms with Crippen molar-refractivity contribution in [2.24, 2.45) is 35.1 Å². The van der Waals surface area contributed by atoms with Crippen LogP contribution in [0.4, 0.5) is 0 Å². The van der Waals surface area contributed by atoms with Gasteiger partial charge >= 0.3 is 0 Å². The number of carbonyl (C=O) groups is 6. The zero-order valence-electron chi connectivity index (χ0n) is 35.5. The molecule has 0 unspecified atom stereocenters. The Labute approximate surface area is 366 Å². The van der Waals surface area contributed by atoms with Crippen LogP contribution in [0.1, 0.15) is 68.7 Å². The summed E-state index contributed by atoms with van der Waals surface area (Å²) < 4.78 is 0. The lowest BCUT2D eigenvalue weighted by molar-refractivity contribution is -0.149. The minimum atomic E-state index is -2.76. The van der Waals surface area contributed by atoms with E-state index in [2.05, 4.69) is 0 Å². The number of primary amides is 2. The Morgan fingerprint density at radius 2 is 0.953 bits per heavy atom. The van der Waals surface area contributed by atoms with E-state index in [0.29, 0.717) is 36.8 Å². The fourth-order valence-electron chi connectivity index (χ4n) is 11.7. The third kappa shape index (κ3) is 5.99. The number of aliphatic hydroxyl groups excluding tert-OH is 4. The molecule has 0 aromatic heterocycles. The van der Waals surface area contributed by atoms with Gasteiger partial charge in [-0.15, -0.1) is 0 Å². The topological polar surface area (TPSA) is 323 Å². The molecule has 2 aromatic rings. The van der Waals surface area contributed by atoms with Crippen LogP contribution in [0, 0.1) is 23.7 Å². The van der Waals surface area contributed by atoms with Crippen LogP contribution in [0.3, 0.4) is 0 Å². The van der Waals surface area contributed by atoms with Gasteiger partial charge in [-0.3, -0.25) is 38.6 Å². The highest BCUT2D eigenvalue weighted by Gasteiger charge is 2.65. The van der Waals surface area contributed by atoms with Gasteiger partial charge in [-0.2, -0.15) is 0 Å². The molecule has 64 heavy (non-hydrogen) atoms. The van der Waals surface area contributed by atoms with Gasteiger partial charge in [0.15, 0.2) is 22.8 Å². The Kier molecular flexibility index (Phi) is 10.5. The van der Waals surface area contributed by atoms with Crippen LogP contribution in [0.15, 0.2) is 69.6 Å². The first-order valence-corrected chi connectivity index (χ1v) is 21.0. The van der Waals surface area contributed by atoms with Gasteiger partial charge in [-0.1, -0.05) is 12.1 Å². The highest BCUT2D eigenvalue weighted by atomic mass is 16.4. The third-order valence-electron chi connectivity index (χ3n) is 14.5. The molecule has 0 radical (unpaired) electrons. The number of amides is 2. The maximum atomic E-state index is 14.2. The summed E-state index contributed by atoms with van der Waals surface area (Å²) in [6.45, 7) is 0. The number of benzene rings is 2. The smallest absolute Gasteiger partial charge is 0.255 e. The Bertz CT molecular complexity index is 2480. The van der Waals surface area contributed by atoms with E-state index in [9.17, 15) is 69.6 Å². The molecule has 338 valence electrons. The Hall–Kier alpha value is -6.34. The van der Waals surface area contributed by atoms with Crippen molar-refractivity contribution in [2.75, 3.05) is 28.2 Å². The van der Waals surface area contributed by atoms with Crippen molar-refractivity contribution in [1.29, 1.82) is 0 Å². The molecule has 6 aliphatic rings. The fraction of sp³-hybridized carbons (Fsp3) is 0.435. The number of hydrogen-bond donors (Lipinski definition) is 10. The van der Waals surface area contributed by atoms with Crippen LogP contribution in [-0.2, 0) is 44.9 Å². The van der Waals surface area contributed by atoms with Crippen molar-refractivity contribution < 1.29 is 69.6 Å². The molecule has 18 heteroatoms. The third-order valence-corrected chi connectivity index (χ3v) is 14.5. The van der Waals surface area contributed by atoms with E-state index in [1.807, 2.05) is 0 Å². The molecular weight excluding hydrogens is 833 g/mol. The van der Waals surface area contributed by atoms with Crippen LogP contribution in [0.2, 0.25) is 0 Å². The quantitative estimate of drug-likeness (QED) is 0.125. The largest absolute Gasteiger partial charge is 0.510 e. The van der Waals surface area contributed by atoms with Crippen LogP contribution in [-0.4, -0.2) is 137 Å². The highest BCUT2D eigenvalue weighted by Crippen LogP contribution is 2.54. The highest BCUT2D eigenvalue weighted by molar-refractivity contribution is 6.26. The van der Waals surface area contributed by atoms with Crippen molar-refractivity contribution in [2.45, 2.75) is 74.7 Å². The number of hydrogen-bond acceptors (Lipinski definition) is 16. The summed E-state index contributed by atoms with van der Waals surface area (Å²) in [5.74, 6) is -14.6. The number of aliphatic hydroxyl groups is 6. The predicted molar refractivity (Wildman–Crippen MR) is 224 cm³/mol. The lowest BCUT2D eigenvalue weighted by Crippen LogP contribution is -2.63. The lowest BCUT2D eigenvalue weighted by Gasteiger charge is -2.50. The summed E-state index contributed by atoms with van der Waals surface area (Å²) in [7, 11) is 6.21. The van der Waals surface area contributed by atoms with Crippen molar-refractivity contribution in [3.63, 3.8) is 0 Å². The number of rotatable bonds is 9. The van der Waals surface area contributed by atoms with Crippen LogP contribution < -0.4 is 11.5 Å².